The van der Waals surface area contributed by atoms with Gasteiger partial charge in [-0.2, -0.15) is 0 Å². The zero-order valence-corrected chi connectivity index (χ0v) is 16.7. The maximum atomic E-state index is 12.8. The number of para-hydroxylation sites is 1. The Morgan fingerprint density at radius 1 is 1.19 bits per heavy atom. The Balaban J connectivity index is 1.47. The van der Waals surface area contributed by atoms with Crippen molar-refractivity contribution in [2.45, 2.75) is 50.7 Å². The molecule has 1 aromatic carbocycles. The minimum Gasteiger partial charge on any atom is -0.342 e. The summed E-state index contributed by atoms with van der Waals surface area (Å²) < 4.78 is 1.67. The number of aromatic nitrogens is 2. The first-order chi connectivity index (χ1) is 13.2. The minimum atomic E-state index is -0.0268. The number of fused-ring (bicyclic) bond motifs is 2. The maximum Gasteiger partial charge on any atom is 0.262 e. The highest BCUT2D eigenvalue weighted by molar-refractivity contribution is 7.99. The van der Waals surface area contributed by atoms with E-state index in [4.69, 9.17) is 0 Å². The molecule has 1 aliphatic carbocycles. The molecular formula is C21H27N3O2S. The van der Waals surface area contributed by atoms with Crippen LogP contribution >= 0.6 is 11.8 Å². The van der Waals surface area contributed by atoms with Crippen LogP contribution in [0.2, 0.25) is 0 Å². The summed E-state index contributed by atoms with van der Waals surface area (Å²) in [5.41, 5.74) is 0.672. The molecule has 0 N–H and O–H groups in total. The van der Waals surface area contributed by atoms with Crippen LogP contribution in [-0.4, -0.2) is 39.2 Å². The van der Waals surface area contributed by atoms with Gasteiger partial charge in [-0.25, -0.2) is 4.98 Å². The molecule has 2 atom stereocenters. The number of amides is 1. The maximum absolute atomic E-state index is 12.8. The van der Waals surface area contributed by atoms with Gasteiger partial charge in [-0.1, -0.05) is 43.2 Å². The van der Waals surface area contributed by atoms with E-state index in [1.165, 1.54) is 37.4 Å². The quantitative estimate of drug-likeness (QED) is 0.597. The fourth-order valence-corrected chi connectivity index (χ4v) is 5.55. The molecule has 2 heterocycles. The van der Waals surface area contributed by atoms with Crippen molar-refractivity contribution in [3.63, 3.8) is 0 Å². The molecule has 0 radical (unpaired) electrons. The molecule has 0 spiro atoms. The molecular weight excluding hydrogens is 358 g/mol. The molecule has 2 aliphatic rings. The predicted octanol–water partition coefficient (Wildman–Crippen LogP) is 3.55. The Morgan fingerprint density at radius 3 is 2.78 bits per heavy atom. The molecule has 2 fully saturated rings. The zero-order valence-electron chi connectivity index (χ0n) is 15.9. The Kier molecular flexibility index (Phi) is 5.53. The van der Waals surface area contributed by atoms with Gasteiger partial charge in [0.1, 0.15) is 0 Å². The molecule has 5 nitrogen and oxygen atoms in total. The summed E-state index contributed by atoms with van der Waals surface area (Å²) in [6.45, 7) is 4.29. The fraction of sp³-hybridized carbons (Fsp3) is 0.571. The standard InChI is InChI=1S/C21H27N3O2S/c1-2-24-20(26)17-9-5-6-10-18(17)22-21(24)27-14-19(25)23-12-11-15-7-3-4-8-16(15)13-23/h5-6,9-10,15-16H,2-4,7-8,11-14H2,1H3/t15-,16-/m0/s1. The van der Waals surface area contributed by atoms with Gasteiger partial charge in [-0.15, -0.1) is 0 Å². The Labute approximate surface area is 164 Å². The van der Waals surface area contributed by atoms with E-state index in [0.29, 0.717) is 34.3 Å². The van der Waals surface area contributed by atoms with Crippen LogP contribution in [0.25, 0.3) is 10.9 Å². The number of thioether (sulfide) groups is 1. The lowest BCUT2D eigenvalue weighted by atomic mass is 9.75. The van der Waals surface area contributed by atoms with E-state index in [1.807, 2.05) is 36.1 Å². The van der Waals surface area contributed by atoms with E-state index in [1.54, 1.807) is 4.57 Å². The van der Waals surface area contributed by atoms with Crippen LogP contribution < -0.4 is 5.56 Å². The van der Waals surface area contributed by atoms with Crippen molar-refractivity contribution in [1.82, 2.24) is 14.5 Å². The third-order valence-corrected chi connectivity index (χ3v) is 7.07. The van der Waals surface area contributed by atoms with Crippen LogP contribution in [0.4, 0.5) is 0 Å². The summed E-state index contributed by atoms with van der Waals surface area (Å²) >= 11 is 1.39. The van der Waals surface area contributed by atoms with E-state index in [2.05, 4.69) is 4.98 Å². The van der Waals surface area contributed by atoms with Crippen molar-refractivity contribution >= 4 is 28.6 Å². The number of carbonyl (C=O) groups excluding carboxylic acids is 1. The number of nitrogens with zero attached hydrogens (tertiary/aromatic N) is 3. The first kappa shape index (κ1) is 18.5. The zero-order chi connectivity index (χ0) is 18.8. The average molecular weight is 386 g/mol. The van der Waals surface area contributed by atoms with Crippen LogP contribution in [0, 0.1) is 11.8 Å². The van der Waals surface area contributed by atoms with Crippen LogP contribution in [-0.2, 0) is 11.3 Å². The highest BCUT2D eigenvalue weighted by Gasteiger charge is 2.32. The summed E-state index contributed by atoms with van der Waals surface area (Å²) in [4.78, 5) is 32.2. The monoisotopic (exact) mass is 385 g/mol. The molecule has 144 valence electrons. The largest absolute Gasteiger partial charge is 0.342 e. The van der Waals surface area contributed by atoms with E-state index in [-0.39, 0.29) is 11.5 Å². The number of rotatable bonds is 4. The molecule has 0 unspecified atom stereocenters. The summed E-state index contributed by atoms with van der Waals surface area (Å²) in [6, 6.07) is 7.41. The van der Waals surface area contributed by atoms with Gasteiger partial charge in [0.2, 0.25) is 5.91 Å². The third kappa shape index (κ3) is 3.77. The molecule has 1 aliphatic heterocycles. The number of carbonyl (C=O) groups is 1. The van der Waals surface area contributed by atoms with Crippen molar-refractivity contribution in [1.29, 1.82) is 0 Å². The van der Waals surface area contributed by atoms with Gasteiger partial charge >= 0.3 is 0 Å². The van der Waals surface area contributed by atoms with Crippen molar-refractivity contribution in [2.75, 3.05) is 18.8 Å². The van der Waals surface area contributed by atoms with E-state index < -0.39 is 0 Å². The molecule has 6 heteroatoms. The lowest BCUT2D eigenvalue weighted by Gasteiger charge is -2.41. The van der Waals surface area contributed by atoms with E-state index in [9.17, 15) is 9.59 Å². The number of hydrogen-bond acceptors (Lipinski definition) is 4. The molecule has 0 bridgehead atoms. The van der Waals surface area contributed by atoms with E-state index >= 15 is 0 Å². The Hall–Kier alpha value is -1.82. The lowest BCUT2D eigenvalue weighted by Crippen LogP contribution is -2.45. The van der Waals surface area contributed by atoms with Gasteiger partial charge in [0.25, 0.3) is 5.56 Å². The second-order valence-corrected chi connectivity index (χ2v) is 8.63. The van der Waals surface area contributed by atoms with Crippen molar-refractivity contribution in [2.24, 2.45) is 11.8 Å². The molecule has 1 aromatic heterocycles. The number of likely N-dealkylation sites (tertiary alicyclic amines) is 1. The Bertz CT molecular complexity index is 895. The van der Waals surface area contributed by atoms with Crippen molar-refractivity contribution < 1.29 is 4.79 Å². The van der Waals surface area contributed by atoms with Crippen LogP contribution in [0.5, 0.6) is 0 Å². The van der Waals surface area contributed by atoms with Gasteiger partial charge in [0, 0.05) is 19.6 Å². The third-order valence-electron chi connectivity index (χ3n) is 6.11. The summed E-state index contributed by atoms with van der Waals surface area (Å²) in [6.07, 6.45) is 6.41. The van der Waals surface area contributed by atoms with Gasteiger partial charge < -0.3 is 4.90 Å². The Morgan fingerprint density at radius 2 is 1.96 bits per heavy atom. The summed E-state index contributed by atoms with van der Waals surface area (Å²) in [5.74, 6) is 2.04. The number of piperidine rings is 1. The fourth-order valence-electron chi connectivity index (χ4n) is 4.58. The molecule has 1 amide bonds. The van der Waals surface area contributed by atoms with Gasteiger partial charge in [0.05, 0.1) is 16.7 Å². The molecule has 4 rings (SSSR count). The molecule has 1 saturated carbocycles. The van der Waals surface area contributed by atoms with E-state index in [0.717, 1.165) is 25.4 Å². The van der Waals surface area contributed by atoms with Crippen molar-refractivity contribution in [3.05, 3.63) is 34.6 Å². The molecule has 2 aromatic rings. The van der Waals surface area contributed by atoms with Gasteiger partial charge in [-0.05, 0) is 43.7 Å². The second-order valence-electron chi connectivity index (χ2n) is 7.68. The minimum absolute atomic E-state index is 0.0268. The smallest absolute Gasteiger partial charge is 0.262 e. The van der Waals surface area contributed by atoms with Crippen LogP contribution in [0.3, 0.4) is 0 Å². The van der Waals surface area contributed by atoms with Crippen LogP contribution in [0.15, 0.2) is 34.2 Å². The normalized spacial score (nSPS) is 22.6. The average Bonchev–Trinajstić information content (AvgIpc) is 2.71. The first-order valence-corrected chi connectivity index (χ1v) is 11.1. The van der Waals surface area contributed by atoms with Gasteiger partial charge in [0.15, 0.2) is 5.16 Å². The topological polar surface area (TPSA) is 55.2 Å². The van der Waals surface area contributed by atoms with Crippen LogP contribution in [0.1, 0.15) is 39.0 Å². The summed E-state index contributed by atoms with van der Waals surface area (Å²) in [5, 5.41) is 1.27. The molecule has 1 saturated heterocycles. The summed E-state index contributed by atoms with van der Waals surface area (Å²) in [7, 11) is 0. The lowest BCUT2D eigenvalue weighted by molar-refractivity contribution is -0.131. The van der Waals surface area contributed by atoms with Crippen molar-refractivity contribution in [3.8, 4) is 0 Å². The highest BCUT2D eigenvalue weighted by atomic mass is 32.2. The SMILES string of the molecule is CCn1c(SCC(=O)N2CC[C@@H]3CCCC[C@H]3C2)nc2ccccc2c1=O. The molecule has 27 heavy (non-hydrogen) atoms. The highest BCUT2D eigenvalue weighted by Crippen LogP contribution is 2.36. The van der Waals surface area contributed by atoms with Gasteiger partial charge in [-0.3, -0.25) is 14.2 Å². The number of benzene rings is 1. The number of hydrogen-bond donors (Lipinski definition) is 0. The second kappa shape index (κ2) is 8.05. The first-order valence-electron chi connectivity index (χ1n) is 10.1. The predicted molar refractivity (Wildman–Crippen MR) is 109 cm³/mol.